The number of nitrogens with zero attached hydrogens (tertiary/aromatic N) is 1. The van der Waals surface area contributed by atoms with Crippen molar-refractivity contribution in [1.82, 2.24) is 5.32 Å². The number of carbonyl (C=O) groups is 1. The number of nitrogens with one attached hydrogen (secondary N) is 2. The normalized spacial score (nSPS) is 25.5. The maximum Gasteiger partial charge on any atom is 0.195 e. The highest BCUT2D eigenvalue weighted by molar-refractivity contribution is 5.98. The number of carbonyl (C=O) groups excluding carboxylic acids is 1. The number of aliphatic imine (C=N–C) groups is 1. The number of hydrogen-bond acceptors (Lipinski definition) is 4. The minimum absolute atomic E-state index is 0.0597. The van der Waals surface area contributed by atoms with E-state index in [2.05, 4.69) is 10.6 Å². The van der Waals surface area contributed by atoms with Gasteiger partial charge in [-0.3, -0.25) is 9.79 Å². The Kier molecular flexibility index (Phi) is 7.86. The molecule has 3 atom stereocenters. The monoisotopic (exact) mass is 386 g/mol. The van der Waals surface area contributed by atoms with Crippen LogP contribution in [0.15, 0.2) is 29.3 Å². The number of ether oxygens (including phenoxy) is 1. The predicted molar refractivity (Wildman–Crippen MR) is 114 cm³/mol. The number of ketones is 1. The van der Waals surface area contributed by atoms with Crippen LogP contribution in [0.5, 0.6) is 0 Å². The second-order valence-corrected chi connectivity index (χ2v) is 8.10. The first-order chi connectivity index (χ1) is 13.6. The van der Waals surface area contributed by atoms with Crippen LogP contribution in [0.25, 0.3) is 0 Å². The number of Topliss-reactive ketones (excluding diaryl/α,β-unsaturated/α-hetero) is 1. The van der Waals surface area contributed by atoms with Crippen molar-refractivity contribution in [2.24, 2.45) is 22.6 Å². The summed E-state index contributed by atoms with van der Waals surface area (Å²) in [7, 11) is 0. The Balaban J connectivity index is 1.64. The number of nitrogens with two attached hydrogens (primary N) is 1. The summed E-state index contributed by atoms with van der Waals surface area (Å²) < 4.78 is 5.72. The summed E-state index contributed by atoms with van der Waals surface area (Å²) in [6.45, 7) is 4.74. The second kappa shape index (κ2) is 10.6. The lowest BCUT2D eigenvalue weighted by Crippen LogP contribution is -2.37. The maximum atomic E-state index is 11.7. The van der Waals surface area contributed by atoms with E-state index in [0.29, 0.717) is 17.4 Å². The minimum atomic E-state index is 0.0597. The number of anilines is 1. The molecule has 154 valence electrons. The molecule has 0 bridgehead atoms. The SMILES string of the molecule is CC(=O)c1cccc(NC(=NCC2CCCC(CN)C2)NCC2CCCO2)c1. The molecule has 6 heteroatoms. The third kappa shape index (κ3) is 6.31. The van der Waals surface area contributed by atoms with Crippen molar-refractivity contribution in [3.8, 4) is 0 Å². The van der Waals surface area contributed by atoms with E-state index in [1.165, 1.54) is 25.7 Å². The number of hydrogen-bond donors (Lipinski definition) is 3. The quantitative estimate of drug-likeness (QED) is 0.380. The fraction of sp³-hybridized carbons (Fsp3) is 0.636. The molecule has 3 unspecified atom stereocenters. The minimum Gasteiger partial charge on any atom is -0.376 e. The molecule has 1 aromatic carbocycles. The molecule has 1 saturated carbocycles. The van der Waals surface area contributed by atoms with Crippen LogP contribution >= 0.6 is 0 Å². The fourth-order valence-electron chi connectivity index (χ4n) is 4.11. The van der Waals surface area contributed by atoms with Crippen LogP contribution in [0.2, 0.25) is 0 Å². The first-order valence-corrected chi connectivity index (χ1v) is 10.6. The molecule has 4 N–H and O–H groups in total. The van der Waals surface area contributed by atoms with Gasteiger partial charge in [0.25, 0.3) is 0 Å². The van der Waals surface area contributed by atoms with Crippen LogP contribution < -0.4 is 16.4 Å². The molecule has 0 spiro atoms. The molecule has 1 aliphatic carbocycles. The molecule has 1 heterocycles. The van der Waals surface area contributed by atoms with Crippen LogP contribution in [0.3, 0.4) is 0 Å². The van der Waals surface area contributed by atoms with E-state index in [1.807, 2.05) is 24.3 Å². The highest BCUT2D eigenvalue weighted by Crippen LogP contribution is 2.28. The van der Waals surface area contributed by atoms with Crippen LogP contribution in [0, 0.1) is 11.8 Å². The van der Waals surface area contributed by atoms with E-state index in [0.717, 1.165) is 50.7 Å². The van der Waals surface area contributed by atoms with E-state index in [9.17, 15) is 4.79 Å². The predicted octanol–water partition coefficient (Wildman–Crippen LogP) is 3.19. The summed E-state index contributed by atoms with van der Waals surface area (Å²) in [5.41, 5.74) is 7.44. The molecule has 0 radical (unpaired) electrons. The molecule has 28 heavy (non-hydrogen) atoms. The first-order valence-electron chi connectivity index (χ1n) is 10.6. The Morgan fingerprint density at radius 3 is 2.86 bits per heavy atom. The van der Waals surface area contributed by atoms with Crippen molar-refractivity contribution in [1.29, 1.82) is 0 Å². The van der Waals surface area contributed by atoms with Gasteiger partial charge >= 0.3 is 0 Å². The van der Waals surface area contributed by atoms with Gasteiger partial charge in [0.15, 0.2) is 11.7 Å². The van der Waals surface area contributed by atoms with Gasteiger partial charge in [0, 0.05) is 30.9 Å². The number of benzene rings is 1. The van der Waals surface area contributed by atoms with Crippen LogP contribution in [0.4, 0.5) is 5.69 Å². The Hall–Kier alpha value is -1.92. The molecule has 2 aliphatic rings. The largest absolute Gasteiger partial charge is 0.376 e. The summed E-state index contributed by atoms with van der Waals surface area (Å²) in [6, 6.07) is 7.56. The Bertz CT molecular complexity index is 670. The lowest BCUT2D eigenvalue weighted by Gasteiger charge is -2.27. The van der Waals surface area contributed by atoms with Crippen LogP contribution in [-0.4, -0.2) is 44.1 Å². The summed E-state index contributed by atoms with van der Waals surface area (Å²) in [4.78, 5) is 16.5. The highest BCUT2D eigenvalue weighted by atomic mass is 16.5. The molecule has 3 rings (SSSR count). The van der Waals surface area contributed by atoms with Crippen molar-refractivity contribution >= 4 is 17.4 Å². The smallest absolute Gasteiger partial charge is 0.195 e. The molecule has 1 saturated heterocycles. The van der Waals surface area contributed by atoms with E-state index < -0.39 is 0 Å². The Morgan fingerprint density at radius 1 is 1.25 bits per heavy atom. The molecule has 6 nitrogen and oxygen atoms in total. The van der Waals surface area contributed by atoms with Gasteiger partial charge in [-0.05, 0) is 69.5 Å². The van der Waals surface area contributed by atoms with Crippen molar-refractivity contribution in [2.75, 3.05) is 31.6 Å². The summed E-state index contributed by atoms with van der Waals surface area (Å²) in [6.07, 6.45) is 7.33. The molecular formula is C22H34N4O2. The molecular weight excluding hydrogens is 352 g/mol. The zero-order valence-corrected chi connectivity index (χ0v) is 17.0. The Labute approximate surface area is 168 Å². The number of guanidine groups is 1. The van der Waals surface area contributed by atoms with E-state index in [4.69, 9.17) is 15.5 Å². The van der Waals surface area contributed by atoms with Gasteiger partial charge in [-0.15, -0.1) is 0 Å². The lowest BCUT2D eigenvalue weighted by molar-refractivity contribution is 0.101. The third-order valence-electron chi connectivity index (χ3n) is 5.79. The molecule has 1 aromatic rings. The standard InChI is InChI=1S/C22H34N4O2/c1-16(27)19-7-3-8-20(12-19)26-22(25-15-21-9-4-10-28-21)24-14-18-6-2-5-17(11-18)13-23/h3,7-8,12,17-18,21H,2,4-6,9-11,13-15,23H2,1H3,(H2,24,25,26). The van der Waals surface area contributed by atoms with Crippen molar-refractivity contribution < 1.29 is 9.53 Å². The lowest BCUT2D eigenvalue weighted by atomic mass is 9.81. The van der Waals surface area contributed by atoms with Crippen molar-refractivity contribution in [3.05, 3.63) is 29.8 Å². The maximum absolute atomic E-state index is 11.7. The third-order valence-corrected chi connectivity index (χ3v) is 5.79. The molecule has 1 aliphatic heterocycles. The van der Waals surface area contributed by atoms with Gasteiger partial charge in [-0.25, -0.2) is 0 Å². The second-order valence-electron chi connectivity index (χ2n) is 8.10. The average Bonchev–Trinajstić information content (AvgIpc) is 3.24. The summed E-state index contributed by atoms with van der Waals surface area (Å²) >= 11 is 0. The van der Waals surface area contributed by atoms with Gasteiger partial charge in [-0.1, -0.05) is 18.6 Å². The van der Waals surface area contributed by atoms with Gasteiger partial charge in [0.05, 0.1) is 6.10 Å². The Morgan fingerprint density at radius 2 is 2.11 bits per heavy atom. The van der Waals surface area contributed by atoms with Crippen LogP contribution in [0.1, 0.15) is 55.8 Å². The number of rotatable bonds is 7. The van der Waals surface area contributed by atoms with Crippen molar-refractivity contribution in [3.63, 3.8) is 0 Å². The first kappa shape index (κ1) is 20.8. The van der Waals surface area contributed by atoms with Crippen molar-refractivity contribution in [2.45, 2.75) is 51.6 Å². The summed E-state index contributed by atoms with van der Waals surface area (Å²) in [5.74, 6) is 2.04. The van der Waals surface area contributed by atoms with Gasteiger partial charge in [-0.2, -0.15) is 0 Å². The van der Waals surface area contributed by atoms with Crippen LogP contribution in [-0.2, 0) is 4.74 Å². The molecule has 0 amide bonds. The van der Waals surface area contributed by atoms with Gasteiger partial charge in [0.2, 0.25) is 0 Å². The van der Waals surface area contributed by atoms with Gasteiger partial charge in [0.1, 0.15) is 0 Å². The van der Waals surface area contributed by atoms with E-state index >= 15 is 0 Å². The average molecular weight is 387 g/mol. The highest BCUT2D eigenvalue weighted by Gasteiger charge is 2.21. The fourth-order valence-corrected chi connectivity index (χ4v) is 4.11. The molecule has 2 fully saturated rings. The van der Waals surface area contributed by atoms with E-state index in [1.54, 1.807) is 6.92 Å². The zero-order chi connectivity index (χ0) is 19.8. The summed E-state index contributed by atoms with van der Waals surface area (Å²) in [5, 5.41) is 6.80. The van der Waals surface area contributed by atoms with Gasteiger partial charge < -0.3 is 21.1 Å². The zero-order valence-electron chi connectivity index (χ0n) is 17.0. The molecule has 0 aromatic heterocycles. The topological polar surface area (TPSA) is 88.7 Å². The van der Waals surface area contributed by atoms with E-state index in [-0.39, 0.29) is 11.9 Å².